The Hall–Kier alpha value is -3.53. The average Bonchev–Trinajstić information content (AvgIpc) is 2.78. The molecule has 3 rings (SSSR count). The highest BCUT2D eigenvalue weighted by atomic mass is 16.5. The number of carbonyl (C=O) groups is 1. The van der Waals surface area contributed by atoms with E-state index in [1.165, 1.54) is 0 Å². The summed E-state index contributed by atoms with van der Waals surface area (Å²) in [5.74, 6) is 1.57. The zero-order chi connectivity index (χ0) is 21.3. The molecule has 0 aliphatic heterocycles. The molecule has 0 aromatic heterocycles. The summed E-state index contributed by atoms with van der Waals surface area (Å²) in [6, 6.07) is 25.3. The molecule has 0 saturated carbocycles. The first-order valence-corrected chi connectivity index (χ1v) is 9.88. The lowest BCUT2D eigenvalue weighted by Gasteiger charge is -2.24. The second kappa shape index (κ2) is 10.3. The van der Waals surface area contributed by atoms with Crippen molar-refractivity contribution in [2.24, 2.45) is 0 Å². The third-order valence-corrected chi connectivity index (χ3v) is 4.82. The molecule has 0 N–H and O–H groups in total. The van der Waals surface area contributed by atoms with Gasteiger partial charge in [-0.1, -0.05) is 54.1 Å². The van der Waals surface area contributed by atoms with Crippen LogP contribution in [0.4, 0.5) is 5.69 Å². The molecule has 4 heteroatoms. The monoisotopic (exact) mass is 401 g/mol. The van der Waals surface area contributed by atoms with Gasteiger partial charge in [-0.05, 0) is 54.4 Å². The Morgan fingerprint density at radius 2 is 1.40 bits per heavy atom. The Bertz CT molecular complexity index is 977. The molecule has 0 heterocycles. The highest BCUT2D eigenvalue weighted by Crippen LogP contribution is 2.22. The number of rotatable bonds is 8. The smallest absolute Gasteiger partial charge is 0.231 e. The minimum absolute atomic E-state index is 0.0335. The van der Waals surface area contributed by atoms with Crippen molar-refractivity contribution in [3.05, 3.63) is 95.6 Å². The molecule has 3 aromatic rings. The van der Waals surface area contributed by atoms with Gasteiger partial charge in [0.2, 0.25) is 5.91 Å². The molecule has 154 valence electrons. The van der Waals surface area contributed by atoms with E-state index >= 15 is 0 Å². The van der Waals surface area contributed by atoms with Gasteiger partial charge in [-0.15, -0.1) is 0 Å². The Morgan fingerprint density at radius 1 is 0.833 bits per heavy atom. The lowest BCUT2D eigenvalue weighted by molar-refractivity contribution is -0.117. The predicted octanol–water partition coefficient (Wildman–Crippen LogP) is 5.38. The van der Waals surface area contributed by atoms with E-state index in [2.05, 4.69) is 18.2 Å². The van der Waals surface area contributed by atoms with Crippen molar-refractivity contribution in [3.8, 4) is 11.5 Å². The predicted molar refractivity (Wildman–Crippen MR) is 122 cm³/mol. The van der Waals surface area contributed by atoms with Gasteiger partial charge in [0.15, 0.2) is 0 Å². The van der Waals surface area contributed by atoms with Gasteiger partial charge >= 0.3 is 0 Å². The van der Waals surface area contributed by atoms with E-state index in [9.17, 15) is 4.79 Å². The second-order valence-corrected chi connectivity index (χ2v) is 7.10. The molecule has 4 nitrogen and oxygen atoms in total. The Kier molecular flexibility index (Phi) is 7.28. The van der Waals surface area contributed by atoms with Crippen LogP contribution in [0.1, 0.15) is 18.1 Å². The first-order valence-electron chi connectivity index (χ1n) is 9.88. The fourth-order valence-corrected chi connectivity index (χ4v) is 3.23. The molecule has 0 unspecified atom stereocenters. The minimum atomic E-state index is 0.0335. The number of methoxy groups -OCH3 is 2. The summed E-state index contributed by atoms with van der Waals surface area (Å²) in [6.07, 6.45) is 2.42. The Morgan fingerprint density at radius 3 is 1.97 bits per heavy atom. The van der Waals surface area contributed by atoms with Crippen LogP contribution in [0.3, 0.4) is 0 Å². The van der Waals surface area contributed by atoms with Gasteiger partial charge in [-0.3, -0.25) is 4.79 Å². The summed E-state index contributed by atoms with van der Waals surface area (Å²) in [6.45, 7) is 2.56. The molecule has 0 aliphatic carbocycles. The van der Waals surface area contributed by atoms with Crippen molar-refractivity contribution in [1.82, 2.24) is 0 Å². The number of nitrogens with zero attached hydrogens (tertiary/aromatic N) is 1. The van der Waals surface area contributed by atoms with Crippen LogP contribution in [-0.2, 0) is 11.2 Å². The van der Waals surface area contributed by atoms with Crippen molar-refractivity contribution >= 4 is 17.7 Å². The standard InChI is InChI=1S/C26H27NO3/c1-20(17-21-7-5-4-6-8-21)19-27(23-11-15-25(30-3)16-12-23)26(28)18-22-9-13-24(29-2)14-10-22/h4-17H,18-19H2,1-3H3/b20-17+. The van der Waals surface area contributed by atoms with Crippen LogP contribution >= 0.6 is 0 Å². The SMILES string of the molecule is COc1ccc(CC(=O)N(C/C(C)=C/c2ccccc2)c2ccc(OC)cc2)cc1. The summed E-state index contributed by atoms with van der Waals surface area (Å²) >= 11 is 0. The van der Waals surface area contributed by atoms with E-state index in [1.54, 1.807) is 14.2 Å². The van der Waals surface area contributed by atoms with Gasteiger partial charge in [0.25, 0.3) is 0 Å². The molecule has 0 radical (unpaired) electrons. The quantitative estimate of drug-likeness (QED) is 0.508. The Balaban J connectivity index is 1.83. The van der Waals surface area contributed by atoms with E-state index < -0.39 is 0 Å². The average molecular weight is 402 g/mol. The summed E-state index contributed by atoms with van der Waals surface area (Å²) in [5.41, 5.74) is 4.01. The summed E-state index contributed by atoms with van der Waals surface area (Å²) in [5, 5.41) is 0. The first-order chi connectivity index (χ1) is 14.6. The molecule has 0 bridgehead atoms. The van der Waals surface area contributed by atoms with Gasteiger partial charge in [0.1, 0.15) is 11.5 Å². The molecular weight excluding hydrogens is 374 g/mol. The van der Waals surface area contributed by atoms with E-state index in [0.29, 0.717) is 13.0 Å². The molecule has 0 spiro atoms. The van der Waals surface area contributed by atoms with E-state index in [-0.39, 0.29) is 5.91 Å². The zero-order valence-corrected chi connectivity index (χ0v) is 17.7. The number of hydrogen-bond acceptors (Lipinski definition) is 3. The number of benzene rings is 3. The van der Waals surface area contributed by atoms with Gasteiger partial charge in [0.05, 0.1) is 20.6 Å². The molecule has 0 saturated heterocycles. The number of carbonyl (C=O) groups excluding carboxylic acids is 1. The largest absolute Gasteiger partial charge is 0.497 e. The topological polar surface area (TPSA) is 38.8 Å². The fraction of sp³-hybridized carbons (Fsp3) is 0.192. The highest BCUT2D eigenvalue weighted by molar-refractivity contribution is 5.95. The van der Waals surface area contributed by atoms with Gasteiger partial charge in [0, 0.05) is 12.2 Å². The summed E-state index contributed by atoms with van der Waals surface area (Å²) < 4.78 is 10.5. The number of hydrogen-bond donors (Lipinski definition) is 0. The lowest BCUT2D eigenvalue weighted by atomic mass is 10.1. The summed E-state index contributed by atoms with van der Waals surface area (Å²) in [4.78, 5) is 15.1. The molecule has 0 aliphatic rings. The Labute approximate surface area is 178 Å². The normalized spacial score (nSPS) is 11.1. The molecular formula is C26H27NO3. The molecule has 30 heavy (non-hydrogen) atoms. The molecule has 1 amide bonds. The van der Waals surface area contributed by atoms with Crippen molar-refractivity contribution in [2.75, 3.05) is 25.7 Å². The second-order valence-electron chi connectivity index (χ2n) is 7.10. The van der Waals surface area contributed by atoms with Crippen LogP contribution < -0.4 is 14.4 Å². The van der Waals surface area contributed by atoms with E-state index in [1.807, 2.05) is 78.6 Å². The number of amides is 1. The van der Waals surface area contributed by atoms with Crippen LogP contribution in [0, 0.1) is 0 Å². The number of ether oxygens (including phenoxy) is 2. The van der Waals surface area contributed by atoms with Gasteiger partial charge in [-0.2, -0.15) is 0 Å². The van der Waals surface area contributed by atoms with Crippen LogP contribution in [0.15, 0.2) is 84.4 Å². The fourth-order valence-electron chi connectivity index (χ4n) is 3.23. The maximum Gasteiger partial charge on any atom is 0.231 e. The molecule has 3 aromatic carbocycles. The third kappa shape index (κ3) is 5.74. The molecule has 0 fully saturated rings. The highest BCUT2D eigenvalue weighted by Gasteiger charge is 2.17. The molecule has 0 atom stereocenters. The first kappa shape index (κ1) is 21.2. The van der Waals surface area contributed by atoms with Crippen molar-refractivity contribution in [1.29, 1.82) is 0 Å². The van der Waals surface area contributed by atoms with E-state index in [0.717, 1.165) is 33.9 Å². The number of anilines is 1. The van der Waals surface area contributed by atoms with Crippen LogP contribution in [-0.4, -0.2) is 26.7 Å². The van der Waals surface area contributed by atoms with Crippen molar-refractivity contribution in [3.63, 3.8) is 0 Å². The maximum atomic E-state index is 13.2. The maximum absolute atomic E-state index is 13.2. The van der Waals surface area contributed by atoms with Crippen molar-refractivity contribution in [2.45, 2.75) is 13.3 Å². The van der Waals surface area contributed by atoms with Crippen LogP contribution in [0.25, 0.3) is 6.08 Å². The van der Waals surface area contributed by atoms with Crippen molar-refractivity contribution < 1.29 is 14.3 Å². The summed E-state index contributed by atoms with van der Waals surface area (Å²) in [7, 11) is 3.27. The van der Waals surface area contributed by atoms with E-state index in [4.69, 9.17) is 9.47 Å². The third-order valence-electron chi connectivity index (χ3n) is 4.82. The minimum Gasteiger partial charge on any atom is -0.497 e. The van der Waals surface area contributed by atoms with Gasteiger partial charge < -0.3 is 14.4 Å². The van der Waals surface area contributed by atoms with Crippen LogP contribution in [0.5, 0.6) is 11.5 Å². The van der Waals surface area contributed by atoms with Crippen LogP contribution in [0.2, 0.25) is 0 Å². The van der Waals surface area contributed by atoms with Gasteiger partial charge in [-0.25, -0.2) is 0 Å². The zero-order valence-electron chi connectivity index (χ0n) is 17.7. The lowest BCUT2D eigenvalue weighted by Crippen LogP contribution is -2.33.